The second-order valence-corrected chi connectivity index (χ2v) is 13.7. The molecule has 4 aliphatic heterocycles. The molecule has 3 unspecified atom stereocenters. The Bertz CT molecular complexity index is 956. The first-order valence-electron chi connectivity index (χ1n) is 16.2. The van der Waals surface area contributed by atoms with Crippen LogP contribution in [0.3, 0.4) is 0 Å². The Balaban J connectivity index is 0.000000349. The Morgan fingerprint density at radius 1 is 0.889 bits per heavy atom. The van der Waals surface area contributed by atoms with Gasteiger partial charge in [0.2, 0.25) is 0 Å². The lowest BCUT2D eigenvalue weighted by atomic mass is 9.99. The van der Waals surface area contributed by atoms with Gasteiger partial charge in [-0.25, -0.2) is 14.4 Å². The second kappa shape index (κ2) is 18.3. The van der Waals surface area contributed by atoms with Gasteiger partial charge in [-0.3, -0.25) is 4.79 Å². The minimum absolute atomic E-state index is 0. The Morgan fingerprint density at radius 3 is 1.96 bits per heavy atom. The number of rotatable bonds is 4. The van der Waals surface area contributed by atoms with Crippen LogP contribution < -0.4 is 10.6 Å². The van der Waals surface area contributed by atoms with Crippen molar-refractivity contribution >= 4 is 24.2 Å². The first-order valence-corrected chi connectivity index (χ1v) is 16.2. The van der Waals surface area contributed by atoms with Gasteiger partial charge < -0.3 is 49.4 Å². The van der Waals surface area contributed by atoms with Crippen molar-refractivity contribution in [1.82, 2.24) is 25.3 Å². The van der Waals surface area contributed by atoms with E-state index in [2.05, 4.69) is 15.4 Å². The average Bonchev–Trinajstić information content (AvgIpc) is 2.97. The number of carbonyl (C=O) groups excluding carboxylic acids is 4. The number of fused-ring (bicyclic) bond motifs is 1. The molecule has 0 aromatic carbocycles. The van der Waals surface area contributed by atoms with Crippen molar-refractivity contribution < 1.29 is 44.7 Å². The summed E-state index contributed by atoms with van der Waals surface area (Å²) < 4.78 is 20.2. The van der Waals surface area contributed by atoms with E-state index in [1.807, 2.05) is 46.4 Å². The fourth-order valence-corrected chi connectivity index (χ4v) is 5.31. The van der Waals surface area contributed by atoms with Crippen molar-refractivity contribution in [2.45, 2.75) is 109 Å². The lowest BCUT2D eigenvalue weighted by Crippen LogP contribution is -2.54. The van der Waals surface area contributed by atoms with E-state index in [9.17, 15) is 19.2 Å². The molecule has 4 rings (SSSR count). The zero-order valence-electron chi connectivity index (χ0n) is 28.4. The lowest BCUT2D eigenvalue weighted by Gasteiger charge is -2.38. The predicted octanol–water partition coefficient (Wildman–Crippen LogP) is 2.96. The number of carbonyl (C=O) groups is 4. The van der Waals surface area contributed by atoms with Crippen LogP contribution in [0.15, 0.2) is 0 Å². The van der Waals surface area contributed by atoms with Gasteiger partial charge in [-0.1, -0.05) is 0 Å². The van der Waals surface area contributed by atoms with Crippen LogP contribution in [0.5, 0.6) is 0 Å². The van der Waals surface area contributed by atoms with E-state index in [-0.39, 0.29) is 50.8 Å². The summed E-state index contributed by atoms with van der Waals surface area (Å²) in [5.41, 5.74) is -0.950. The maximum atomic E-state index is 11.9. The topological polar surface area (TPSA) is 159 Å². The molecule has 3 atom stereocenters. The van der Waals surface area contributed by atoms with E-state index in [0.29, 0.717) is 51.8 Å². The molecule has 0 saturated carbocycles. The zero-order valence-corrected chi connectivity index (χ0v) is 28.4. The van der Waals surface area contributed by atoms with Crippen molar-refractivity contribution in [3.05, 3.63) is 0 Å². The summed E-state index contributed by atoms with van der Waals surface area (Å²) in [5.74, 6) is -0.279. The van der Waals surface area contributed by atoms with Gasteiger partial charge >= 0.3 is 24.2 Å². The lowest BCUT2D eigenvalue weighted by molar-refractivity contribution is -0.141. The molecule has 14 nitrogen and oxygen atoms in total. The van der Waals surface area contributed by atoms with Gasteiger partial charge in [0.25, 0.3) is 0 Å². The third-order valence-electron chi connectivity index (χ3n) is 7.47. The number of piperidine rings is 1. The van der Waals surface area contributed by atoms with Gasteiger partial charge in [-0.2, -0.15) is 0 Å². The van der Waals surface area contributed by atoms with Gasteiger partial charge in [0.15, 0.2) is 0 Å². The van der Waals surface area contributed by atoms with E-state index in [1.54, 1.807) is 9.80 Å². The molecule has 45 heavy (non-hydrogen) atoms. The first kappa shape index (κ1) is 38.3. The summed E-state index contributed by atoms with van der Waals surface area (Å²) in [6.45, 7) is 16.5. The van der Waals surface area contributed by atoms with Crippen LogP contribution in [0.1, 0.15) is 81.5 Å². The maximum Gasteiger partial charge on any atom is 0.410 e. The number of aliphatic hydroxyl groups excluding tert-OH is 1. The maximum absolute atomic E-state index is 11.9. The molecular formula is C31H59N5O9. The number of hydrogen-bond donors (Lipinski definition) is 3. The van der Waals surface area contributed by atoms with Crippen LogP contribution in [0.25, 0.3) is 0 Å². The molecule has 4 heterocycles. The minimum Gasteiger partial charge on any atom is -0.469 e. The molecule has 0 bridgehead atoms. The highest BCUT2D eigenvalue weighted by atomic mass is 16.6. The van der Waals surface area contributed by atoms with Gasteiger partial charge in [-0.15, -0.1) is 0 Å². The van der Waals surface area contributed by atoms with E-state index in [1.165, 1.54) is 20.0 Å². The van der Waals surface area contributed by atoms with Crippen LogP contribution >= 0.6 is 0 Å². The number of hydrogen-bond acceptors (Lipinski definition) is 11. The van der Waals surface area contributed by atoms with Crippen molar-refractivity contribution in [2.24, 2.45) is 0 Å². The summed E-state index contributed by atoms with van der Waals surface area (Å²) >= 11 is 0. The number of nitrogens with one attached hydrogen (secondary N) is 2. The minimum atomic E-state index is -0.500. The highest BCUT2D eigenvalue weighted by Gasteiger charge is 2.31. The van der Waals surface area contributed by atoms with Gasteiger partial charge in [0, 0.05) is 78.4 Å². The van der Waals surface area contributed by atoms with Crippen molar-refractivity contribution in [1.29, 1.82) is 0 Å². The number of methoxy groups -OCH3 is 1. The number of aliphatic hydroxyl groups is 1. The Morgan fingerprint density at radius 2 is 1.44 bits per heavy atom. The summed E-state index contributed by atoms with van der Waals surface area (Å²) in [6.07, 6.45) is 4.85. The molecule has 0 aromatic heterocycles. The van der Waals surface area contributed by atoms with Crippen molar-refractivity contribution in [2.75, 3.05) is 66.1 Å². The van der Waals surface area contributed by atoms with Crippen molar-refractivity contribution in [3.8, 4) is 0 Å². The highest BCUT2D eigenvalue weighted by molar-refractivity contribution is 5.71. The molecule has 3 amide bonds. The molecule has 0 radical (unpaired) electrons. The Hall–Kier alpha value is -2.84. The molecular weight excluding hydrogens is 586 g/mol. The second-order valence-electron chi connectivity index (χ2n) is 13.7. The van der Waals surface area contributed by atoms with Gasteiger partial charge in [0.05, 0.1) is 20.1 Å². The van der Waals surface area contributed by atoms with E-state index in [0.717, 1.165) is 25.9 Å². The zero-order chi connectivity index (χ0) is 33.6. The summed E-state index contributed by atoms with van der Waals surface area (Å²) in [4.78, 5) is 51.2. The number of cyclic esters (lactones) is 1. The molecule has 0 spiro atoms. The third-order valence-corrected chi connectivity index (χ3v) is 7.47. The first-order chi connectivity index (χ1) is 21.1. The normalized spacial score (nSPS) is 23.6. The summed E-state index contributed by atoms with van der Waals surface area (Å²) in [7, 11) is 1.36. The number of amides is 3. The fraction of sp³-hybridized carbons (Fsp3) is 0.871. The number of esters is 1. The van der Waals surface area contributed by atoms with E-state index >= 15 is 0 Å². The van der Waals surface area contributed by atoms with Gasteiger partial charge in [-0.05, 0) is 67.2 Å². The fourth-order valence-electron chi connectivity index (χ4n) is 5.31. The summed E-state index contributed by atoms with van der Waals surface area (Å²) in [5, 5.41) is 15.3. The van der Waals surface area contributed by atoms with Crippen LogP contribution in [0, 0.1) is 0 Å². The summed E-state index contributed by atoms with van der Waals surface area (Å²) in [6, 6.07) is 0.593. The molecule has 4 fully saturated rings. The molecule has 262 valence electrons. The van der Waals surface area contributed by atoms with Crippen LogP contribution in [0.4, 0.5) is 14.4 Å². The molecule has 4 aliphatic rings. The third kappa shape index (κ3) is 14.9. The van der Waals surface area contributed by atoms with Crippen LogP contribution in [-0.2, 0) is 23.7 Å². The Labute approximate surface area is 269 Å². The van der Waals surface area contributed by atoms with Crippen molar-refractivity contribution in [3.63, 3.8) is 0 Å². The standard InChI is InChI=1S/C12H22N2O4.C11H22N2O3.C8H13NO2.H2/c1-12(2,3)18-11(16)14-6-5-13-9(8-14)7-10(15)17-4;1-11(2,3)16-10(15)13-6-5-12-9(8-13)4-7-14;10-8-9-5-2-1-3-7(9)4-6-11-8;/h9,13H,5-8H2,1-4H3;9,12,14H,4-8H2,1-3H3;7H,1-6H2;1H/i;;;1+1. The van der Waals surface area contributed by atoms with E-state index in [4.69, 9.17) is 19.3 Å². The molecule has 14 heteroatoms. The quantitative estimate of drug-likeness (QED) is 0.305. The Kier molecular flexibility index (Phi) is 15.6. The number of ether oxygens (including phenoxy) is 4. The SMILES string of the molecule is CC(C)(C)OC(=O)N1CCNC(CCO)C1.COC(=O)CC1CN(C(=O)OC(C)(C)C)CCN1.O=C1OCCC2CCCCN12.[2HH]. The predicted molar refractivity (Wildman–Crippen MR) is 170 cm³/mol. The molecule has 0 aromatic rings. The van der Waals surface area contributed by atoms with Gasteiger partial charge in [0.1, 0.15) is 11.2 Å². The number of nitrogens with zero attached hydrogens (tertiary/aromatic N) is 3. The van der Waals surface area contributed by atoms with Crippen LogP contribution in [0.2, 0.25) is 0 Å². The average molecular weight is 647 g/mol. The largest absolute Gasteiger partial charge is 0.469 e. The monoisotopic (exact) mass is 646 g/mol. The highest BCUT2D eigenvalue weighted by Crippen LogP contribution is 2.23. The smallest absolute Gasteiger partial charge is 0.410 e. The molecule has 0 aliphatic carbocycles. The molecule has 3 N–H and O–H groups in total. The van der Waals surface area contributed by atoms with E-state index < -0.39 is 11.2 Å². The molecule has 4 saturated heterocycles. The van der Waals surface area contributed by atoms with Crippen LogP contribution in [-0.4, -0.2) is 140 Å². The number of piperazine rings is 2.